The first kappa shape index (κ1) is 13.1. The fourth-order valence-corrected chi connectivity index (χ4v) is 2.86. The van der Waals surface area contributed by atoms with Crippen LogP contribution in [0.15, 0.2) is 35.0 Å². The molecule has 1 aliphatic rings. The second-order valence-electron chi connectivity index (χ2n) is 4.93. The van der Waals surface area contributed by atoms with E-state index in [0.29, 0.717) is 6.54 Å². The maximum Gasteiger partial charge on any atom is 0.261 e. The molecule has 3 rings (SSSR count). The number of aromatic hydroxyl groups is 1. The molecule has 0 atom stereocenters. The molecule has 0 bridgehead atoms. The number of benzene rings is 1. The Bertz CT molecular complexity index is 603. The van der Waals surface area contributed by atoms with Gasteiger partial charge in [-0.2, -0.15) is 11.3 Å². The minimum atomic E-state index is -0.675. The van der Waals surface area contributed by atoms with Gasteiger partial charge >= 0.3 is 0 Å². The summed E-state index contributed by atoms with van der Waals surface area (Å²) in [5.41, 5.74) is 0.806. The van der Waals surface area contributed by atoms with E-state index in [-0.39, 0.29) is 17.4 Å². The zero-order chi connectivity index (χ0) is 14.1. The highest BCUT2D eigenvalue weighted by molar-refractivity contribution is 7.07. The number of carbonyl (C=O) groups excluding carboxylic acids is 1. The van der Waals surface area contributed by atoms with E-state index in [4.69, 9.17) is 0 Å². The highest BCUT2D eigenvalue weighted by Gasteiger charge is 2.35. The summed E-state index contributed by atoms with van der Waals surface area (Å²) in [7, 11) is 0. The van der Waals surface area contributed by atoms with Crippen molar-refractivity contribution >= 4 is 17.2 Å². The van der Waals surface area contributed by atoms with E-state index in [1.54, 1.807) is 16.2 Å². The van der Waals surface area contributed by atoms with Crippen LogP contribution in [0, 0.1) is 5.82 Å². The summed E-state index contributed by atoms with van der Waals surface area (Å²) in [4.78, 5) is 14.2. The Kier molecular flexibility index (Phi) is 3.44. The van der Waals surface area contributed by atoms with Crippen molar-refractivity contribution in [3.63, 3.8) is 0 Å². The van der Waals surface area contributed by atoms with Gasteiger partial charge in [0.05, 0.1) is 0 Å². The van der Waals surface area contributed by atoms with Crippen LogP contribution in [-0.4, -0.2) is 22.0 Å². The minimum Gasteiger partial charge on any atom is -0.507 e. The lowest BCUT2D eigenvalue weighted by molar-refractivity contribution is 0.0722. The number of hydrogen-bond acceptors (Lipinski definition) is 3. The summed E-state index contributed by atoms with van der Waals surface area (Å²) >= 11 is 1.57. The molecule has 1 saturated carbocycles. The molecule has 1 N–H and O–H groups in total. The molecule has 5 heteroatoms. The molecule has 1 aromatic heterocycles. The van der Waals surface area contributed by atoms with Gasteiger partial charge in [-0.05, 0) is 47.4 Å². The Hall–Kier alpha value is -1.88. The fraction of sp³-hybridized carbons (Fsp3) is 0.267. The van der Waals surface area contributed by atoms with Crippen molar-refractivity contribution in [3.8, 4) is 5.75 Å². The molecule has 2 aromatic rings. The number of rotatable bonds is 4. The molecule has 0 radical (unpaired) electrons. The number of carbonyl (C=O) groups is 1. The van der Waals surface area contributed by atoms with Gasteiger partial charge in [0.1, 0.15) is 17.1 Å². The van der Waals surface area contributed by atoms with E-state index in [2.05, 4.69) is 0 Å². The molecular weight excluding hydrogens is 277 g/mol. The quantitative estimate of drug-likeness (QED) is 0.938. The first-order valence-electron chi connectivity index (χ1n) is 6.46. The van der Waals surface area contributed by atoms with Crippen LogP contribution in [0.1, 0.15) is 28.8 Å². The zero-order valence-corrected chi connectivity index (χ0v) is 11.6. The van der Waals surface area contributed by atoms with Crippen LogP contribution >= 0.6 is 11.3 Å². The van der Waals surface area contributed by atoms with Gasteiger partial charge in [0.2, 0.25) is 0 Å². The molecule has 0 spiro atoms. The summed E-state index contributed by atoms with van der Waals surface area (Å²) in [5, 5.41) is 13.7. The molecule has 1 heterocycles. The highest BCUT2D eigenvalue weighted by Crippen LogP contribution is 2.32. The van der Waals surface area contributed by atoms with Gasteiger partial charge in [0, 0.05) is 12.6 Å². The van der Waals surface area contributed by atoms with Crippen molar-refractivity contribution in [2.45, 2.75) is 25.4 Å². The van der Waals surface area contributed by atoms with Gasteiger partial charge in [0.15, 0.2) is 0 Å². The van der Waals surface area contributed by atoms with Crippen LogP contribution in [0.4, 0.5) is 4.39 Å². The highest BCUT2D eigenvalue weighted by atomic mass is 32.1. The molecule has 1 aromatic carbocycles. The average Bonchev–Trinajstić information content (AvgIpc) is 3.12. The van der Waals surface area contributed by atoms with E-state index in [9.17, 15) is 14.3 Å². The van der Waals surface area contributed by atoms with Crippen LogP contribution in [-0.2, 0) is 6.54 Å². The first-order chi connectivity index (χ1) is 9.66. The fourth-order valence-electron chi connectivity index (χ4n) is 2.20. The zero-order valence-electron chi connectivity index (χ0n) is 10.8. The number of hydrogen-bond donors (Lipinski definition) is 1. The molecule has 0 saturated heterocycles. The largest absolute Gasteiger partial charge is 0.507 e. The summed E-state index contributed by atoms with van der Waals surface area (Å²) in [6, 6.07) is 6.03. The number of phenolic OH excluding ortho intramolecular Hbond substituents is 1. The molecule has 1 amide bonds. The third-order valence-corrected chi connectivity index (χ3v) is 4.12. The predicted octanol–water partition coefficient (Wildman–Crippen LogP) is 3.40. The Labute approximate surface area is 120 Å². The van der Waals surface area contributed by atoms with Crippen molar-refractivity contribution in [3.05, 3.63) is 52.0 Å². The van der Waals surface area contributed by atoms with Crippen molar-refractivity contribution < 1.29 is 14.3 Å². The number of halogens is 1. The SMILES string of the molecule is O=C(c1c(O)cccc1F)N(Cc1ccsc1)C1CC1. The number of phenols is 1. The summed E-state index contributed by atoms with van der Waals surface area (Å²) in [5.74, 6) is -1.41. The average molecular weight is 291 g/mol. The van der Waals surface area contributed by atoms with Gasteiger partial charge in [-0.3, -0.25) is 4.79 Å². The number of nitrogens with zero attached hydrogens (tertiary/aromatic N) is 1. The number of thiophene rings is 1. The maximum atomic E-state index is 13.8. The van der Waals surface area contributed by atoms with E-state index in [1.165, 1.54) is 18.2 Å². The first-order valence-corrected chi connectivity index (χ1v) is 7.40. The molecule has 0 unspecified atom stereocenters. The van der Waals surface area contributed by atoms with E-state index in [0.717, 1.165) is 18.4 Å². The van der Waals surface area contributed by atoms with Crippen LogP contribution in [0.25, 0.3) is 0 Å². The Morgan fingerprint density at radius 3 is 2.80 bits per heavy atom. The van der Waals surface area contributed by atoms with Crippen molar-refractivity contribution in [1.82, 2.24) is 4.90 Å². The molecule has 104 valence electrons. The van der Waals surface area contributed by atoms with E-state index < -0.39 is 11.7 Å². The minimum absolute atomic E-state index is 0.154. The van der Waals surface area contributed by atoms with Crippen LogP contribution in [0.2, 0.25) is 0 Å². The second-order valence-corrected chi connectivity index (χ2v) is 5.71. The van der Waals surface area contributed by atoms with Gasteiger partial charge in [-0.1, -0.05) is 6.07 Å². The summed E-state index contributed by atoms with van der Waals surface area (Å²) in [6.45, 7) is 0.459. The van der Waals surface area contributed by atoms with Crippen LogP contribution < -0.4 is 0 Å². The smallest absolute Gasteiger partial charge is 0.261 e. The Morgan fingerprint density at radius 1 is 1.40 bits per heavy atom. The standard InChI is InChI=1S/C15H14FNO2S/c16-12-2-1-3-13(18)14(12)15(19)17(11-4-5-11)8-10-6-7-20-9-10/h1-3,6-7,9,11,18H,4-5,8H2. The second kappa shape index (κ2) is 5.25. The lowest BCUT2D eigenvalue weighted by Crippen LogP contribution is -2.33. The van der Waals surface area contributed by atoms with Gasteiger partial charge in [-0.25, -0.2) is 4.39 Å². The third kappa shape index (κ3) is 2.54. The van der Waals surface area contributed by atoms with Gasteiger partial charge in [0.25, 0.3) is 5.91 Å². The molecule has 20 heavy (non-hydrogen) atoms. The van der Waals surface area contributed by atoms with Crippen molar-refractivity contribution in [2.24, 2.45) is 0 Å². The van der Waals surface area contributed by atoms with Crippen LogP contribution in [0.5, 0.6) is 5.75 Å². The molecular formula is C15H14FNO2S. The summed E-state index contributed by atoms with van der Waals surface area (Å²) < 4.78 is 13.8. The van der Waals surface area contributed by atoms with Gasteiger partial charge in [-0.15, -0.1) is 0 Å². The normalized spacial score (nSPS) is 14.2. The van der Waals surface area contributed by atoms with Crippen molar-refractivity contribution in [1.29, 1.82) is 0 Å². The topological polar surface area (TPSA) is 40.5 Å². The van der Waals surface area contributed by atoms with E-state index in [1.807, 2.05) is 16.8 Å². The molecule has 1 aliphatic carbocycles. The molecule has 1 fully saturated rings. The molecule has 3 nitrogen and oxygen atoms in total. The lowest BCUT2D eigenvalue weighted by Gasteiger charge is -2.22. The maximum absolute atomic E-state index is 13.8. The van der Waals surface area contributed by atoms with Crippen LogP contribution in [0.3, 0.4) is 0 Å². The summed E-state index contributed by atoms with van der Waals surface area (Å²) in [6.07, 6.45) is 1.87. The van der Waals surface area contributed by atoms with E-state index >= 15 is 0 Å². The van der Waals surface area contributed by atoms with Gasteiger partial charge < -0.3 is 10.0 Å². The Balaban J connectivity index is 1.89. The molecule has 0 aliphatic heterocycles. The van der Waals surface area contributed by atoms with Crippen molar-refractivity contribution in [2.75, 3.05) is 0 Å². The number of amides is 1. The Morgan fingerprint density at radius 2 is 2.20 bits per heavy atom. The monoisotopic (exact) mass is 291 g/mol. The third-order valence-electron chi connectivity index (χ3n) is 3.39. The lowest BCUT2D eigenvalue weighted by atomic mass is 10.1. The predicted molar refractivity (Wildman–Crippen MR) is 75.3 cm³/mol.